The number of benzene rings is 1. The summed E-state index contributed by atoms with van der Waals surface area (Å²) in [4.78, 5) is 23.2. The first kappa shape index (κ1) is 11.3. The molecule has 1 aromatic heterocycles. The van der Waals surface area contributed by atoms with Crippen molar-refractivity contribution in [3.05, 3.63) is 24.0 Å². The van der Waals surface area contributed by atoms with Gasteiger partial charge in [0.15, 0.2) is 11.5 Å². The fourth-order valence-corrected chi connectivity index (χ4v) is 2.76. The first-order chi connectivity index (χ1) is 9.74. The van der Waals surface area contributed by atoms with Gasteiger partial charge in [-0.1, -0.05) is 0 Å². The van der Waals surface area contributed by atoms with Crippen molar-refractivity contribution in [3.63, 3.8) is 0 Å². The van der Waals surface area contributed by atoms with Crippen LogP contribution in [0.3, 0.4) is 0 Å². The third-order valence-electron chi connectivity index (χ3n) is 3.72. The highest BCUT2D eigenvalue weighted by atomic mass is 16.7. The molecule has 2 aliphatic heterocycles. The number of rotatable bonds is 1. The molecule has 2 aromatic rings. The summed E-state index contributed by atoms with van der Waals surface area (Å²) in [6.07, 6.45) is 2.37. The van der Waals surface area contributed by atoms with Crippen LogP contribution in [-0.4, -0.2) is 18.6 Å². The maximum absolute atomic E-state index is 12.0. The number of amides is 2. The van der Waals surface area contributed by atoms with Crippen molar-refractivity contribution in [1.29, 1.82) is 0 Å². The van der Waals surface area contributed by atoms with Crippen molar-refractivity contribution in [3.8, 4) is 11.5 Å². The maximum Gasteiger partial charge on any atom is 0.234 e. The highest BCUT2D eigenvalue weighted by molar-refractivity contribution is 6.03. The minimum Gasteiger partial charge on any atom is -0.464 e. The van der Waals surface area contributed by atoms with Crippen LogP contribution in [0.1, 0.15) is 24.3 Å². The lowest BCUT2D eigenvalue weighted by Crippen LogP contribution is -2.39. The molecule has 1 fully saturated rings. The number of nitrogens with one attached hydrogen (secondary N) is 1. The number of carbonyl (C=O) groups excluding carboxylic acids is 2. The Morgan fingerprint density at radius 2 is 2.10 bits per heavy atom. The Bertz CT molecular complexity index is 732. The van der Waals surface area contributed by atoms with E-state index in [9.17, 15) is 9.59 Å². The number of ether oxygens (including phenoxy) is 2. The van der Waals surface area contributed by atoms with E-state index >= 15 is 0 Å². The van der Waals surface area contributed by atoms with E-state index in [0.717, 1.165) is 10.9 Å². The standard InChI is InChI=1S/C14H11NO5/c16-11-4-1-7(14(17)15-11)8-5-18-9-2-3-10-13(12(8)9)20-6-19-10/h2-3,5,7H,1,4,6H2,(H,15,16,17)/t7-/m0/s1. The average molecular weight is 273 g/mol. The predicted octanol–water partition coefficient (Wildman–Crippen LogP) is 1.68. The molecule has 0 aliphatic carbocycles. The third kappa shape index (κ3) is 1.51. The Kier molecular flexibility index (Phi) is 2.26. The zero-order valence-corrected chi connectivity index (χ0v) is 10.5. The summed E-state index contributed by atoms with van der Waals surface area (Å²) in [7, 11) is 0. The number of imide groups is 1. The molecule has 0 bridgehead atoms. The summed E-state index contributed by atoms with van der Waals surface area (Å²) in [5.41, 5.74) is 1.39. The van der Waals surface area contributed by atoms with E-state index in [1.807, 2.05) is 0 Å². The van der Waals surface area contributed by atoms with E-state index in [-0.39, 0.29) is 18.6 Å². The van der Waals surface area contributed by atoms with Gasteiger partial charge in [0.25, 0.3) is 0 Å². The van der Waals surface area contributed by atoms with Crippen molar-refractivity contribution in [2.45, 2.75) is 18.8 Å². The number of furan rings is 1. The van der Waals surface area contributed by atoms with Crippen LogP contribution in [0.25, 0.3) is 11.0 Å². The van der Waals surface area contributed by atoms with Gasteiger partial charge >= 0.3 is 0 Å². The zero-order valence-electron chi connectivity index (χ0n) is 10.5. The number of fused-ring (bicyclic) bond motifs is 3. The van der Waals surface area contributed by atoms with Crippen molar-refractivity contribution < 1.29 is 23.5 Å². The van der Waals surface area contributed by atoms with Gasteiger partial charge in [-0.3, -0.25) is 14.9 Å². The normalized spacial score (nSPS) is 21.3. The first-order valence-corrected chi connectivity index (χ1v) is 6.37. The second-order valence-corrected chi connectivity index (χ2v) is 4.87. The summed E-state index contributed by atoms with van der Waals surface area (Å²) < 4.78 is 16.3. The van der Waals surface area contributed by atoms with E-state index in [1.54, 1.807) is 18.4 Å². The molecule has 0 saturated carbocycles. The molecule has 2 aliphatic rings. The molecule has 6 heteroatoms. The lowest BCUT2D eigenvalue weighted by molar-refractivity contribution is -0.134. The first-order valence-electron chi connectivity index (χ1n) is 6.37. The Labute approximate surface area is 113 Å². The van der Waals surface area contributed by atoms with Crippen molar-refractivity contribution in [2.75, 3.05) is 6.79 Å². The predicted molar refractivity (Wildman–Crippen MR) is 67.5 cm³/mol. The molecule has 20 heavy (non-hydrogen) atoms. The molecular weight excluding hydrogens is 262 g/mol. The van der Waals surface area contributed by atoms with Gasteiger partial charge in [-0.15, -0.1) is 0 Å². The molecule has 1 saturated heterocycles. The SMILES string of the molecule is O=C1CC[C@@H](c2coc3ccc4c(c23)OCO4)C(=O)N1. The Hall–Kier alpha value is -2.50. The number of carbonyl (C=O) groups is 2. The summed E-state index contributed by atoms with van der Waals surface area (Å²) in [5, 5.41) is 3.12. The molecule has 1 aromatic carbocycles. The molecule has 0 unspecified atom stereocenters. The van der Waals surface area contributed by atoms with E-state index < -0.39 is 5.92 Å². The molecular formula is C14H11NO5. The molecule has 0 radical (unpaired) electrons. The van der Waals surface area contributed by atoms with Crippen molar-refractivity contribution >= 4 is 22.8 Å². The molecule has 2 amide bonds. The van der Waals surface area contributed by atoms with Gasteiger partial charge in [-0.05, 0) is 18.6 Å². The Morgan fingerprint density at radius 1 is 1.20 bits per heavy atom. The second kappa shape index (κ2) is 4.00. The minimum absolute atomic E-state index is 0.161. The van der Waals surface area contributed by atoms with Crippen LogP contribution >= 0.6 is 0 Å². The monoisotopic (exact) mass is 273 g/mol. The quantitative estimate of drug-likeness (QED) is 0.800. The lowest BCUT2D eigenvalue weighted by Gasteiger charge is -2.20. The second-order valence-electron chi connectivity index (χ2n) is 4.87. The zero-order chi connectivity index (χ0) is 13.7. The lowest BCUT2D eigenvalue weighted by atomic mass is 9.90. The third-order valence-corrected chi connectivity index (χ3v) is 3.72. The topological polar surface area (TPSA) is 77.8 Å². The highest BCUT2D eigenvalue weighted by Crippen LogP contribution is 2.44. The molecule has 3 heterocycles. The smallest absolute Gasteiger partial charge is 0.234 e. The van der Waals surface area contributed by atoms with Gasteiger partial charge in [-0.25, -0.2) is 0 Å². The molecule has 1 atom stereocenters. The fourth-order valence-electron chi connectivity index (χ4n) is 2.76. The van der Waals surface area contributed by atoms with Crippen LogP contribution in [0.15, 0.2) is 22.8 Å². The Morgan fingerprint density at radius 3 is 2.95 bits per heavy atom. The Balaban J connectivity index is 1.86. The minimum atomic E-state index is -0.398. The van der Waals surface area contributed by atoms with Gasteiger partial charge < -0.3 is 13.9 Å². The van der Waals surface area contributed by atoms with Crippen molar-refractivity contribution in [1.82, 2.24) is 5.32 Å². The summed E-state index contributed by atoms with van der Waals surface area (Å²) >= 11 is 0. The van der Waals surface area contributed by atoms with Gasteiger partial charge in [-0.2, -0.15) is 0 Å². The van der Waals surface area contributed by atoms with Crippen LogP contribution < -0.4 is 14.8 Å². The molecule has 1 N–H and O–H groups in total. The van der Waals surface area contributed by atoms with E-state index in [2.05, 4.69) is 5.32 Å². The van der Waals surface area contributed by atoms with E-state index in [0.29, 0.717) is 29.9 Å². The van der Waals surface area contributed by atoms with Crippen LogP contribution in [0.5, 0.6) is 11.5 Å². The fraction of sp³-hybridized carbons (Fsp3) is 0.286. The van der Waals surface area contributed by atoms with Gasteiger partial charge in [0, 0.05) is 12.0 Å². The van der Waals surface area contributed by atoms with Gasteiger partial charge in [0.05, 0.1) is 17.6 Å². The summed E-state index contributed by atoms with van der Waals surface area (Å²) in [5.74, 6) is 0.331. The molecule has 0 spiro atoms. The van der Waals surface area contributed by atoms with Gasteiger partial charge in [0.2, 0.25) is 18.6 Å². The largest absolute Gasteiger partial charge is 0.464 e. The van der Waals surface area contributed by atoms with Crippen LogP contribution in [0.2, 0.25) is 0 Å². The number of hydrogen-bond donors (Lipinski definition) is 1. The van der Waals surface area contributed by atoms with Crippen LogP contribution in [-0.2, 0) is 9.59 Å². The van der Waals surface area contributed by atoms with E-state index in [1.165, 1.54) is 0 Å². The molecule has 6 nitrogen and oxygen atoms in total. The van der Waals surface area contributed by atoms with Crippen LogP contribution in [0, 0.1) is 0 Å². The van der Waals surface area contributed by atoms with Crippen LogP contribution in [0.4, 0.5) is 0 Å². The number of piperidine rings is 1. The summed E-state index contributed by atoms with van der Waals surface area (Å²) in [6.45, 7) is 0.161. The summed E-state index contributed by atoms with van der Waals surface area (Å²) in [6, 6.07) is 3.57. The van der Waals surface area contributed by atoms with Crippen molar-refractivity contribution in [2.24, 2.45) is 0 Å². The van der Waals surface area contributed by atoms with Gasteiger partial charge in [0.1, 0.15) is 5.58 Å². The number of hydrogen-bond acceptors (Lipinski definition) is 5. The average Bonchev–Trinajstić information content (AvgIpc) is 3.03. The maximum atomic E-state index is 12.0. The van der Waals surface area contributed by atoms with E-state index in [4.69, 9.17) is 13.9 Å². The highest BCUT2D eigenvalue weighted by Gasteiger charge is 2.32. The molecule has 4 rings (SSSR count). The molecule has 102 valence electrons.